The van der Waals surface area contributed by atoms with Gasteiger partial charge in [0.25, 0.3) is 5.91 Å². The quantitative estimate of drug-likeness (QED) is 0.188. The molecule has 2 aromatic carbocycles. The highest BCUT2D eigenvalue weighted by Gasteiger charge is 2.33. The lowest BCUT2D eigenvalue weighted by molar-refractivity contribution is -0.137. The molecule has 5 heterocycles. The van der Waals surface area contributed by atoms with Crippen molar-refractivity contribution in [3.8, 4) is 5.75 Å². The predicted octanol–water partition coefficient (Wildman–Crippen LogP) is 3.32. The average molecular weight is 727 g/mol. The molecule has 14 heteroatoms. The third-order valence-corrected chi connectivity index (χ3v) is 10.6. The number of carbonyl (C=O) groups is 4. The number of nitrogens with one attached hydrogen (secondary N) is 3. The van der Waals surface area contributed by atoms with E-state index in [0.717, 1.165) is 34.0 Å². The number of piperidine rings is 1. The Balaban J connectivity index is 1.11. The Bertz CT molecular complexity index is 1810. The van der Waals surface area contributed by atoms with Crippen LogP contribution in [0, 0.1) is 6.92 Å². The Kier molecular flexibility index (Phi) is 12.6. The number of carbonyl (C=O) groups excluding carboxylic acids is 4. The van der Waals surface area contributed by atoms with E-state index < -0.39 is 12.1 Å². The molecule has 0 unspecified atom stereocenters. The standard InChI is InChI=1S/C38H46N8O5S/c1-26-32-22-35(48)40-29(12-8-9-17-39-36(49)25-51-31-13-6-3-7-14-31)21-34(47)41-33(38(50)45-18-15-28(16-19-45)37(42-32)52-26)20-30-24-46(44-43-30)23-27-10-4-2-5-11-27/h2-7,10-11,13-14,24,28-29,33H,8-9,12,15-23,25H2,1H3,(H,39,49)(H,40,48)(H,41,47)/t29-,33+/m0/s1. The van der Waals surface area contributed by atoms with Gasteiger partial charge in [-0.25, -0.2) is 9.67 Å². The molecule has 0 aliphatic carbocycles. The van der Waals surface area contributed by atoms with Crippen LogP contribution in [-0.4, -0.2) is 86.8 Å². The molecular weight excluding hydrogens is 681 g/mol. The summed E-state index contributed by atoms with van der Waals surface area (Å²) in [5, 5.41) is 18.5. The Labute approximate surface area is 307 Å². The molecular formula is C38H46N8O5S. The number of fused-ring (bicyclic) bond motifs is 10. The van der Waals surface area contributed by atoms with Crippen molar-refractivity contribution in [1.82, 2.24) is 40.8 Å². The van der Waals surface area contributed by atoms with Gasteiger partial charge in [0, 0.05) is 55.5 Å². The number of unbranched alkanes of at least 4 members (excludes halogenated alkanes) is 1. The van der Waals surface area contributed by atoms with Crippen molar-refractivity contribution < 1.29 is 23.9 Å². The highest BCUT2D eigenvalue weighted by Crippen LogP contribution is 2.33. The smallest absolute Gasteiger partial charge is 0.257 e. The van der Waals surface area contributed by atoms with Crippen LogP contribution in [0.15, 0.2) is 66.9 Å². The maximum atomic E-state index is 14.0. The zero-order valence-corrected chi connectivity index (χ0v) is 30.3. The van der Waals surface area contributed by atoms with Gasteiger partial charge in [-0.3, -0.25) is 19.2 Å². The Morgan fingerprint density at radius 3 is 2.50 bits per heavy atom. The van der Waals surface area contributed by atoms with Crippen molar-refractivity contribution in [2.75, 3.05) is 26.2 Å². The first kappa shape index (κ1) is 36.7. The molecule has 4 aromatic rings. The minimum atomic E-state index is -0.836. The second-order valence-corrected chi connectivity index (χ2v) is 14.7. The van der Waals surface area contributed by atoms with Gasteiger partial charge in [0.15, 0.2) is 6.61 Å². The Morgan fingerprint density at radius 1 is 0.981 bits per heavy atom. The fraction of sp³-hybridized carbons (Fsp3) is 0.447. The van der Waals surface area contributed by atoms with Crippen LogP contribution in [0.25, 0.3) is 0 Å². The molecule has 3 N–H and O–H groups in total. The SMILES string of the molecule is Cc1sc2nc1CC(=O)N[C@@H](CCCCNC(=O)COc1ccccc1)CC(=O)N[C@H](Cc1cn(Cc3ccccc3)nn1)C(=O)N1CCC2CC1. The second kappa shape index (κ2) is 17.9. The summed E-state index contributed by atoms with van der Waals surface area (Å²) in [5.41, 5.74) is 2.43. The molecule has 1 fully saturated rings. The number of thiazole rings is 1. The van der Waals surface area contributed by atoms with Crippen molar-refractivity contribution in [3.63, 3.8) is 0 Å². The maximum Gasteiger partial charge on any atom is 0.257 e. The molecule has 7 rings (SSSR count). The molecule has 3 aliphatic rings. The second-order valence-electron chi connectivity index (χ2n) is 13.5. The van der Waals surface area contributed by atoms with E-state index >= 15 is 0 Å². The highest BCUT2D eigenvalue weighted by atomic mass is 32.1. The largest absolute Gasteiger partial charge is 0.484 e. The number of para-hydroxylation sites is 1. The third kappa shape index (κ3) is 10.5. The van der Waals surface area contributed by atoms with E-state index in [-0.39, 0.29) is 55.4 Å². The zero-order valence-electron chi connectivity index (χ0n) is 29.5. The van der Waals surface area contributed by atoms with E-state index in [0.29, 0.717) is 56.9 Å². The average Bonchev–Trinajstić information content (AvgIpc) is 3.75. The van der Waals surface area contributed by atoms with Gasteiger partial charge in [-0.1, -0.05) is 53.7 Å². The number of ether oxygens (including phenoxy) is 1. The Hall–Kier alpha value is -5.11. The van der Waals surface area contributed by atoms with Crippen LogP contribution in [0.4, 0.5) is 0 Å². The van der Waals surface area contributed by atoms with E-state index in [9.17, 15) is 19.2 Å². The molecule has 3 aliphatic heterocycles. The summed E-state index contributed by atoms with van der Waals surface area (Å²) in [5.74, 6) is -0.0747. The normalized spacial score (nSPS) is 19.6. The molecule has 52 heavy (non-hydrogen) atoms. The topological polar surface area (TPSA) is 160 Å². The van der Waals surface area contributed by atoms with E-state index in [2.05, 4.69) is 26.3 Å². The van der Waals surface area contributed by atoms with Gasteiger partial charge in [-0.2, -0.15) is 0 Å². The van der Waals surface area contributed by atoms with Crippen LogP contribution in [-0.2, 0) is 38.6 Å². The van der Waals surface area contributed by atoms with Crippen LogP contribution >= 0.6 is 11.3 Å². The predicted molar refractivity (Wildman–Crippen MR) is 196 cm³/mol. The minimum Gasteiger partial charge on any atom is -0.484 e. The number of aryl methyl sites for hydroxylation is 1. The van der Waals surface area contributed by atoms with Crippen molar-refractivity contribution >= 4 is 35.0 Å². The van der Waals surface area contributed by atoms with E-state index in [1.807, 2.05) is 66.6 Å². The number of benzene rings is 2. The van der Waals surface area contributed by atoms with Crippen LogP contribution < -0.4 is 20.7 Å². The Morgan fingerprint density at radius 2 is 1.73 bits per heavy atom. The first-order valence-electron chi connectivity index (χ1n) is 18.0. The van der Waals surface area contributed by atoms with Gasteiger partial charge in [-0.05, 0) is 56.7 Å². The van der Waals surface area contributed by atoms with Gasteiger partial charge in [0.1, 0.15) is 11.8 Å². The summed E-state index contributed by atoms with van der Waals surface area (Å²) < 4.78 is 7.24. The summed E-state index contributed by atoms with van der Waals surface area (Å²) in [6, 6.07) is 17.7. The molecule has 2 atom stereocenters. The molecule has 1 saturated heterocycles. The number of amides is 4. The lowest BCUT2D eigenvalue weighted by atomic mass is 9.96. The monoisotopic (exact) mass is 726 g/mol. The molecule has 4 bridgehead atoms. The van der Waals surface area contributed by atoms with Crippen LogP contribution in [0.1, 0.15) is 71.3 Å². The lowest BCUT2D eigenvalue weighted by Crippen LogP contribution is -2.52. The van der Waals surface area contributed by atoms with E-state index in [1.54, 1.807) is 28.2 Å². The van der Waals surface area contributed by atoms with E-state index in [4.69, 9.17) is 9.72 Å². The van der Waals surface area contributed by atoms with Crippen molar-refractivity contribution in [1.29, 1.82) is 0 Å². The molecule has 4 amide bonds. The maximum absolute atomic E-state index is 14.0. The van der Waals surface area contributed by atoms with Crippen molar-refractivity contribution in [2.45, 2.75) is 82.8 Å². The first-order valence-corrected chi connectivity index (χ1v) is 18.8. The van der Waals surface area contributed by atoms with Crippen LogP contribution in [0.2, 0.25) is 0 Å². The fourth-order valence-corrected chi connectivity index (χ4v) is 7.75. The summed E-state index contributed by atoms with van der Waals surface area (Å²) in [4.78, 5) is 61.0. The van der Waals surface area contributed by atoms with Crippen molar-refractivity contribution in [3.05, 3.63) is 93.7 Å². The van der Waals surface area contributed by atoms with Gasteiger partial charge in [-0.15, -0.1) is 16.4 Å². The van der Waals surface area contributed by atoms with Gasteiger partial charge in [0.2, 0.25) is 17.7 Å². The third-order valence-electron chi connectivity index (χ3n) is 9.42. The molecule has 0 spiro atoms. The first-order chi connectivity index (χ1) is 25.3. The lowest BCUT2D eigenvalue weighted by Gasteiger charge is -2.34. The number of nitrogens with zero attached hydrogens (tertiary/aromatic N) is 5. The number of hydrogen-bond acceptors (Lipinski definition) is 9. The van der Waals surface area contributed by atoms with Crippen LogP contribution in [0.3, 0.4) is 0 Å². The van der Waals surface area contributed by atoms with Gasteiger partial charge < -0.3 is 25.6 Å². The molecule has 0 saturated carbocycles. The fourth-order valence-electron chi connectivity index (χ4n) is 6.64. The number of rotatable bonds is 12. The van der Waals surface area contributed by atoms with Crippen LogP contribution in [0.5, 0.6) is 5.75 Å². The number of hydrogen-bond donors (Lipinski definition) is 3. The molecule has 0 radical (unpaired) electrons. The number of aromatic nitrogens is 4. The molecule has 13 nitrogen and oxygen atoms in total. The highest BCUT2D eigenvalue weighted by molar-refractivity contribution is 7.11. The zero-order chi connectivity index (χ0) is 36.3. The molecule has 274 valence electrons. The van der Waals surface area contributed by atoms with Gasteiger partial charge >= 0.3 is 0 Å². The van der Waals surface area contributed by atoms with Crippen molar-refractivity contribution in [2.24, 2.45) is 0 Å². The summed E-state index contributed by atoms with van der Waals surface area (Å²) in [7, 11) is 0. The summed E-state index contributed by atoms with van der Waals surface area (Å²) >= 11 is 1.62. The molecule has 2 aromatic heterocycles. The van der Waals surface area contributed by atoms with E-state index in [1.165, 1.54) is 0 Å². The summed E-state index contributed by atoms with van der Waals surface area (Å²) in [6.45, 7) is 3.99. The van der Waals surface area contributed by atoms with Gasteiger partial charge in [0.05, 0.1) is 29.4 Å². The minimum absolute atomic E-state index is 0.00311. The summed E-state index contributed by atoms with van der Waals surface area (Å²) in [6.07, 6.45) is 5.48.